The monoisotopic (exact) mass is 472 g/mol. The van der Waals surface area contributed by atoms with E-state index in [0.717, 1.165) is 57.3 Å². The van der Waals surface area contributed by atoms with Gasteiger partial charge < -0.3 is 19.0 Å². The molecule has 0 bridgehead atoms. The zero-order valence-corrected chi connectivity index (χ0v) is 20.8. The van der Waals surface area contributed by atoms with Crippen molar-refractivity contribution in [1.82, 2.24) is 0 Å². The maximum Gasteiger partial charge on any atom is 0.172 e. The van der Waals surface area contributed by atoms with Crippen LogP contribution >= 0.6 is 0 Å². The third-order valence-electron chi connectivity index (χ3n) is 10.4. The van der Waals surface area contributed by atoms with Crippen LogP contribution in [0.2, 0.25) is 0 Å². The van der Waals surface area contributed by atoms with Gasteiger partial charge in [-0.2, -0.15) is 0 Å². The van der Waals surface area contributed by atoms with Crippen LogP contribution in [0.15, 0.2) is 70.6 Å². The molecule has 1 aromatic heterocycles. The minimum absolute atomic E-state index is 0.180. The number of rotatable bonds is 2. The first-order chi connectivity index (χ1) is 16.9. The molecule has 0 radical (unpaired) electrons. The number of hydrogen-bond acceptors (Lipinski definition) is 4. The Morgan fingerprint density at radius 3 is 2.46 bits per heavy atom. The third kappa shape index (κ3) is 3.22. The van der Waals surface area contributed by atoms with Crippen molar-refractivity contribution in [2.75, 3.05) is 13.2 Å². The molecule has 1 aromatic carbocycles. The number of allylic oxidation sites excluding steroid dienone is 1. The van der Waals surface area contributed by atoms with Crippen molar-refractivity contribution >= 4 is 0 Å². The average molecular weight is 473 g/mol. The number of fused-ring (bicyclic) bond motifs is 5. The highest BCUT2D eigenvalue weighted by atomic mass is 16.7. The van der Waals surface area contributed by atoms with Crippen LogP contribution in [0.1, 0.15) is 63.9 Å². The first-order valence-corrected chi connectivity index (χ1v) is 13.4. The first-order valence-electron chi connectivity index (χ1n) is 13.4. The first kappa shape index (κ1) is 22.1. The number of hydrogen-bond donors (Lipinski definition) is 1. The summed E-state index contributed by atoms with van der Waals surface area (Å²) in [4.78, 5) is 0. The predicted molar refractivity (Wildman–Crippen MR) is 135 cm³/mol. The van der Waals surface area contributed by atoms with Crippen LogP contribution in [0.3, 0.4) is 0 Å². The number of aliphatic hydroxyl groups is 1. The van der Waals surface area contributed by atoms with Crippen LogP contribution < -0.4 is 0 Å². The van der Waals surface area contributed by atoms with Crippen LogP contribution in [-0.4, -0.2) is 29.7 Å². The Morgan fingerprint density at radius 1 is 0.914 bits per heavy atom. The van der Waals surface area contributed by atoms with E-state index in [1.54, 1.807) is 11.8 Å². The Hall–Kier alpha value is -2.14. The number of ether oxygens (including phenoxy) is 2. The molecule has 3 fully saturated rings. The van der Waals surface area contributed by atoms with Crippen molar-refractivity contribution in [3.8, 4) is 11.1 Å². The Bertz CT molecular complexity index is 1170. The lowest BCUT2D eigenvalue weighted by atomic mass is 9.48. The van der Waals surface area contributed by atoms with Crippen molar-refractivity contribution in [1.29, 1.82) is 0 Å². The maximum atomic E-state index is 11.5. The molecule has 1 spiro atoms. The summed E-state index contributed by atoms with van der Waals surface area (Å²) in [6, 6.07) is 11.2. The molecule has 2 heterocycles. The fourth-order valence-electron chi connectivity index (χ4n) is 8.34. The van der Waals surface area contributed by atoms with E-state index in [-0.39, 0.29) is 11.2 Å². The normalized spacial score (nSPS) is 39.5. The molecular formula is C31H36O4. The van der Waals surface area contributed by atoms with E-state index in [9.17, 15) is 5.11 Å². The molecule has 0 amide bonds. The van der Waals surface area contributed by atoms with Gasteiger partial charge in [-0.15, -0.1) is 0 Å². The van der Waals surface area contributed by atoms with Crippen LogP contribution in [0.5, 0.6) is 0 Å². The predicted octanol–water partition coefficient (Wildman–Crippen LogP) is 6.63. The Balaban J connectivity index is 1.28. The van der Waals surface area contributed by atoms with E-state index >= 15 is 0 Å². The fraction of sp³-hybridized carbons (Fsp3) is 0.548. The van der Waals surface area contributed by atoms with E-state index in [1.165, 1.54) is 16.7 Å². The lowest BCUT2D eigenvalue weighted by Gasteiger charge is -2.57. The molecule has 4 aliphatic carbocycles. The molecule has 35 heavy (non-hydrogen) atoms. The largest absolute Gasteiger partial charge is 0.472 e. The van der Waals surface area contributed by atoms with Crippen LogP contribution in [-0.2, 0) is 9.47 Å². The van der Waals surface area contributed by atoms with Gasteiger partial charge in [0.1, 0.15) is 0 Å². The maximum absolute atomic E-state index is 11.5. The zero-order chi connectivity index (χ0) is 23.8. The summed E-state index contributed by atoms with van der Waals surface area (Å²) >= 11 is 0. The molecule has 4 nitrogen and oxygen atoms in total. The second kappa shape index (κ2) is 7.68. The molecular weight excluding hydrogens is 436 g/mol. The quantitative estimate of drug-likeness (QED) is 0.499. The van der Waals surface area contributed by atoms with Crippen LogP contribution in [0.4, 0.5) is 0 Å². The molecule has 1 aliphatic heterocycles. The van der Waals surface area contributed by atoms with E-state index < -0.39 is 5.60 Å². The fourth-order valence-corrected chi connectivity index (χ4v) is 8.34. The molecule has 6 atom stereocenters. The van der Waals surface area contributed by atoms with Crippen LogP contribution in [0, 0.1) is 23.2 Å². The van der Waals surface area contributed by atoms with E-state index in [2.05, 4.69) is 50.3 Å². The summed E-state index contributed by atoms with van der Waals surface area (Å²) in [7, 11) is 0. The lowest BCUT2D eigenvalue weighted by Crippen LogP contribution is -2.52. The molecule has 2 saturated carbocycles. The highest BCUT2D eigenvalue weighted by Gasteiger charge is 2.60. The standard InChI is InChI=1S/C31H36O4/c1-29-18-26(21-5-3-20(4-6-21)23-11-14-33-19-23)28-24-9-13-31(34-15-16-35-31)17-22(24)7-8-25(28)27(29)10-12-30(29,2)32/h3-7,10-11,14,19,24-26,28,32H,8-9,12-13,15-18H2,1-2H3/t24-,25-,26+,28+,29-,30-/m0/s1. The summed E-state index contributed by atoms with van der Waals surface area (Å²) in [5, 5.41) is 11.5. The lowest BCUT2D eigenvalue weighted by molar-refractivity contribution is -0.175. The second-order valence-electron chi connectivity index (χ2n) is 12.0. The van der Waals surface area contributed by atoms with Crippen molar-refractivity contribution in [2.24, 2.45) is 23.2 Å². The van der Waals surface area contributed by atoms with Gasteiger partial charge in [-0.3, -0.25) is 0 Å². The van der Waals surface area contributed by atoms with Crippen molar-refractivity contribution < 1.29 is 19.0 Å². The van der Waals surface area contributed by atoms with Crippen molar-refractivity contribution in [3.05, 3.63) is 71.7 Å². The molecule has 2 aromatic rings. The van der Waals surface area contributed by atoms with Gasteiger partial charge in [-0.25, -0.2) is 0 Å². The third-order valence-corrected chi connectivity index (χ3v) is 10.4. The smallest absolute Gasteiger partial charge is 0.172 e. The SMILES string of the molecule is C[C@]1(O)CC=C2[C@@H]3CC=C4CC5(CC[C@@H]4[C@H]3[C@@H](c3ccc(-c4ccoc4)cc3)C[C@@]21C)OCCO5. The van der Waals surface area contributed by atoms with Gasteiger partial charge in [0.2, 0.25) is 0 Å². The van der Waals surface area contributed by atoms with E-state index in [4.69, 9.17) is 13.9 Å². The number of furan rings is 1. The molecule has 184 valence electrons. The van der Waals surface area contributed by atoms with Gasteiger partial charge in [0, 0.05) is 23.8 Å². The van der Waals surface area contributed by atoms with Crippen molar-refractivity contribution in [2.45, 2.75) is 69.7 Å². The van der Waals surface area contributed by atoms with Gasteiger partial charge in [-0.05, 0) is 73.5 Å². The van der Waals surface area contributed by atoms with Gasteiger partial charge in [-0.1, -0.05) is 54.5 Å². The molecule has 1 saturated heterocycles. The Labute approximate surface area is 208 Å². The minimum atomic E-state index is -0.686. The summed E-state index contributed by atoms with van der Waals surface area (Å²) in [5.74, 6) is 1.65. The molecule has 4 heteroatoms. The summed E-state index contributed by atoms with van der Waals surface area (Å²) in [6.07, 6.45) is 14.3. The molecule has 0 unspecified atom stereocenters. The highest BCUT2D eigenvalue weighted by molar-refractivity contribution is 5.62. The van der Waals surface area contributed by atoms with Crippen molar-refractivity contribution in [3.63, 3.8) is 0 Å². The van der Waals surface area contributed by atoms with Gasteiger partial charge in [0.15, 0.2) is 5.79 Å². The Morgan fingerprint density at radius 2 is 1.71 bits per heavy atom. The van der Waals surface area contributed by atoms with E-state index in [0.29, 0.717) is 23.7 Å². The summed E-state index contributed by atoms with van der Waals surface area (Å²) < 4.78 is 17.6. The van der Waals surface area contributed by atoms with Gasteiger partial charge in [0.25, 0.3) is 0 Å². The van der Waals surface area contributed by atoms with Gasteiger partial charge >= 0.3 is 0 Å². The zero-order valence-electron chi connectivity index (χ0n) is 20.8. The molecule has 5 aliphatic rings. The van der Waals surface area contributed by atoms with Gasteiger partial charge in [0.05, 0.1) is 31.3 Å². The second-order valence-corrected chi connectivity index (χ2v) is 12.0. The number of benzene rings is 1. The minimum Gasteiger partial charge on any atom is -0.472 e. The summed E-state index contributed by atoms with van der Waals surface area (Å²) in [5.41, 5.74) is 5.91. The van der Waals surface area contributed by atoms with Crippen LogP contribution in [0.25, 0.3) is 11.1 Å². The topological polar surface area (TPSA) is 51.8 Å². The highest BCUT2D eigenvalue weighted by Crippen LogP contribution is 2.66. The molecule has 1 N–H and O–H groups in total. The summed E-state index contributed by atoms with van der Waals surface area (Å²) in [6.45, 7) is 5.81. The molecule has 7 rings (SSSR count). The Kier molecular flexibility index (Phi) is 4.85. The average Bonchev–Trinajstić information content (AvgIpc) is 3.60. The van der Waals surface area contributed by atoms with E-state index in [1.807, 2.05) is 12.3 Å².